The minimum Gasteiger partial charge on any atom is -0.507 e. The minimum absolute atomic E-state index is 0.152. The van der Waals surface area contributed by atoms with Gasteiger partial charge >= 0.3 is 0 Å². The van der Waals surface area contributed by atoms with Gasteiger partial charge in [0.2, 0.25) is 0 Å². The SMILES string of the molecule is [N-]=[N+]=Nc1cc(O)c(C(=O)NCCSSc2ccccn2)cc1I. The third-order valence-corrected chi connectivity index (χ3v) is 5.85. The largest absolute Gasteiger partial charge is 0.507 e. The van der Waals surface area contributed by atoms with Crippen LogP contribution in [0.2, 0.25) is 0 Å². The monoisotopic (exact) mass is 473 g/mol. The summed E-state index contributed by atoms with van der Waals surface area (Å²) in [6.45, 7) is 0.456. The fourth-order valence-electron chi connectivity index (χ4n) is 1.66. The number of nitrogens with one attached hydrogen (secondary N) is 1. The number of aromatic nitrogens is 1. The molecule has 0 unspecified atom stereocenters. The maximum Gasteiger partial charge on any atom is 0.255 e. The molecule has 0 bridgehead atoms. The van der Waals surface area contributed by atoms with Crippen molar-refractivity contribution in [3.63, 3.8) is 0 Å². The number of carbonyl (C=O) groups is 1. The van der Waals surface area contributed by atoms with E-state index in [1.807, 2.05) is 40.8 Å². The molecule has 1 amide bonds. The lowest BCUT2D eigenvalue weighted by molar-refractivity contribution is 0.0953. The Balaban J connectivity index is 1.84. The summed E-state index contributed by atoms with van der Waals surface area (Å²) in [5.74, 6) is 0.105. The van der Waals surface area contributed by atoms with E-state index in [4.69, 9.17) is 5.53 Å². The molecule has 0 radical (unpaired) electrons. The molecular weight excluding hydrogens is 461 g/mol. The summed E-state index contributed by atoms with van der Waals surface area (Å²) >= 11 is 1.95. The van der Waals surface area contributed by atoms with Crippen molar-refractivity contribution in [1.29, 1.82) is 0 Å². The smallest absolute Gasteiger partial charge is 0.255 e. The number of carbonyl (C=O) groups excluding carboxylic acids is 1. The average molecular weight is 473 g/mol. The Labute approximate surface area is 159 Å². The van der Waals surface area contributed by atoms with Gasteiger partial charge < -0.3 is 10.4 Å². The molecule has 24 heavy (non-hydrogen) atoms. The van der Waals surface area contributed by atoms with E-state index in [9.17, 15) is 9.90 Å². The molecule has 1 aromatic heterocycles. The summed E-state index contributed by atoms with van der Waals surface area (Å²) in [6, 6.07) is 8.46. The molecule has 0 fully saturated rings. The van der Waals surface area contributed by atoms with Gasteiger partial charge in [-0.25, -0.2) is 4.98 Å². The maximum atomic E-state index is 12.1. The van der Waals surface area contributed by atoms with Gasteiger partial charge in [-0.2, -0.15) is 0 Å². The first-order valence-electron chi connectivity index (χ1n) is 6.68. The van der Waals surface area contributed by atoms with Gasteiger partial charge in [0.25, 0.3) is 5.91 Å². The highest BCUT2D eigenvalue weighted by molar-refractivity contribution is 14.1. The fraction of sp³-hybridized carbons (Fsp3) is 0.143. The number of halogens is 1. The summed E-state index contributed by atoms with van der Waals surface area (Å²) in [5.41, 5.74) is 8.89. The molecule has 0 atom stereocenters. The summed E-state index contributed by atoms with van der Waals surface area (Å²) < 4.78 is 0.591. The molecule has 7 nitrogen and oxygen atoms in total. The Bertz CT molecular complexity index is 769. The second kappa shape index (κ2) is 9.62. The first kappa shape index (κ1) is 18.7. The van der Waals surface area contributed by atoms with Crippen molar-refractivity contribution in [2.75, 3.05) is 12.3 Å². The number of rotatable bonds is 7. The molecule has 2 N–H and O–H groups in total. The van der Waals surface area contributed by atoms with Crippen LogP contribution in [-0.4, -0.2) is 28.3 Å². The molecule has 10 heteroatoms. The summed E-state index contributed by atoms with van der Waals surface area (Å²) in [5, 5.41) is 17.0. The first-order valence-corrected chi connectivity index (χ1v) is 10.1. The van der Waals surface area contributed by atoms with Crippen molar-refractivity contribution in [1.82, 2.24) is 10.3 Å². The number of phenols is 1. The second-order valence-electron chi connectivity index (χ2n) is 4.34. The summed E-state index contributed by atoms with van der Waals surface area (Å²) in [7, 11) is 3.12. The van der Waals surface area contributed by atoms with E-state index in [1.165, 1.54) is 22.9 Å². The number of azide groups is 1. The Hall–Kier alpha value is -1.62. The zero-order chi connectivity index (χ0) is 17.4. The number of nitrogens with zero attached hydrogens (tertiary/aromatic N) is 4. The third kappa shape index (κ3) is 5.48. The van der Waals surface area contributed by atoms with E-state index in [0.29, 0.717) is 15.9 Å². The van der Waals surface area contributed by atoms with Gasteiger partial charge in [-0.15, -0.1) is 0 Å². The molecule has 1 heterocycles. The molecule has 0 saturated heterocycles. The highest BCUT2D eigenvalue weighted by atomic mass is 127. The number of hydrogen-bond acceptors (Lipinski definition) is 6. The first-order chi connectivity index (χ1) is 11.6. The van der Waals surface area contributed by atoms with Crippen LogP contribution in [0.25, 0.3) is 10.4 Å². The van der Waals surface area contributed by atoms with Crippen LogP contribution in [0.3, 0.4) is 0 Å². The topological polar surface area (TPSA) is 111 Å². The minimum atomic E-state index is -0.374. The van der Waals surface area contributed by atoms with Crippen molar-refractivity contribution >= 4 is 55.8 Å². The Morgan fingerprint density at radius 1 is 1.46 bits per heavy atom. The van der Waals surface area contributed by atoms with Crippen LogP contribution in [-0.2, 0) is 0 Å². The lowest BCUT2D eigenvalue weighted by Crippen LogP contribution is -2.25. The van der Waals surface area contributed by atoms with Crippen LogP contribution in [0.5, 0.6) is 5.75 Å². The molecular formula is C14H12IN5O2S2. The van der Waals surface area contributed by atoms with E-state index in [1.54, 1.807) is 17.0 Å². The number of pyridine rings is 1. The fourth-order valence-corrected chi connectivity index (χ4v) is 4.02. The highest BCUT2D eigenvalue weighted by Gasteiger charge is 2.13. The predicted octanol–water partition coefficient (Wildman–Crippen LogP) is 4.50. The van der Waals surface area contributed by atoms with E-state index >= 15 is 0 Å². The zero-order valence-electron chi connectivity index (χ0n) is 12.2. The molecule has 2 aromatic rings. The highest BCUT2D eigenvalue weighted by Crippen LogP contribution is 2.30. The Morgan fingerprint density at radius 3 is 3.00 bits per heavy atom. The van der Waals surface area contributed by atoms with Gasteiger partial charge in [0.05, 0.1) is 11.3 Å². The molecule has 0 aliphatic rings. The van der Waals surface area contributed by atoms with Gasteiger partial charge in [-0.1, -0.05) is 22.0 Å². The molecule has 1 aromatic carbocycles. The molecule has 2 rings (SSSR count). The van der Waals surface area contributed by atoms with Crippen molar-refractivity contribution in [2.24, 2.45) is 5.11 Å². The van der Waals surface area contributed by atoms with Crippen LogP contribution in [0.1, 0.15) is 10.4 Å². The lowest BCUT2D eigenvalue weighted by Gasteiger charge is -2.08. The van der Waals surface area contributed by atoms with Crippen LogP contribution in [0.15, 0.2) is 46.7 Å². The van der Waals surface area contributed by atoms with Crippen LogP contribution < -0.4 is 5.32 Å². The molecule has 0 aliphatic carbocycles. The zero-order valence-corrected chi connectivity index (χ0v) is 16.0. The normalized spacial score (nSPS) is 10.0. The quantitative estimate of drug-likeness (QED) is 0.154. The summed E-state index contributed by atoms with van der Waals surface area (Å²) in [6.07, 6.45) is 1.73. The maximum absolute atomic E-state index is 12.1. The van der Waals surface area contributed by atoms with Gasteiger partial charge in [-0.05, 0) is 63.2 Å². The van der Waals surface area contributed by atoms with Crippen molar-refractivity contribution in [3.05, 3.63) is 56.1 Å². The number of hydrogen-bond donors (Lipinski definition) is 2. The van der Waals surface area contributed by atoms with Gasteiger partial charge in [0.15, 0.2) is 0 Å². The molecule has 0 spiro atoms. The van der Waals surface area contributed by atoms with Crippen molar-refractivity contribution in [3.8, 4) is 5.75 Å². The lowest BCUT2D eigenvalue weighted by atomic mass is 10.1. The van der Waals surface area contributed by atoms with Crippen LogP contribution >= 0.6 is 44.2 Å². The number of amides is 1. The van der Waals surface area contributed by atoms with Gasteiger partial charge in [-0.3, -0.25) is 4.79 Å². The second-order valence-corrected chi connectivity index (χ2v) is 7.94. The molecule has 124 valence electrons. The Morgan fingerprint density at radius 2 is 2.29 bits per heavy atom. The Kier molecular flexibility index (Phi) is 7.50. The standard InChI is InChI=1S/C14H12IN5O2S2/c15-10-7-9(12(21)8-11(10)19-20-16)14(22)18-5-6-23-24-13-3-1-2-4-17-13/h1-4,7-8,21H,5-6H2,(H,18,22). The van der Waals surface area contributed by atoms with E-state index in [0.717, 1.165) is 5.03 Å². The van der Waals surface area contributed by atoms with E-state index in [-0.39, 0.29) is 22.9 Å². The summed E-state index contributed by atoms with van der Waals surface area (Å²) in [4.78, 5) is 19.0. The van der Waals surface area contributed by atoms with Gasteiger partial charge in [0, 0.05) is 27.0 Å². The van der Waals surface area contributed by atoms with Crippen molar-refractivity contribution < 1.29 is 9.90 Å². The number of benzene rings is 1. The number of aromatic hydroxyl groups is 1. The molecule has 0 saturated carbocycles. The van der Waals surface area contributed by atoms with Crippen molar-refractivity contribution in [2.45, 2.75) is 5.03 Å². The molecule has 0 aliphatic heterocycles. The van der Waals surface area contributed by atoms with Crippen LogP contribution in [0, 0.1) is 3.57 Å². The number of phenolic OH excluding ortho intramolecular Hbond substituents is 1. The van der Waals surface area contributed by atoms with E-state index < -0.39 is 0 Å². The predicted molar refractivity (Wildman–Crippen MR) is 105 cm³/mol. The third-order valence-electron chi connectivity index (χ3n) is 2.72. The van der Waals surface area contributed by atoms with Gasteiger partial charge in [0.1, 0.15) is 10.8 Å². The van der Waals surface area contributed by atoms with Crippen LogP contribution in [0.4, 0.5) is 5.69 Å². The average Bonchev–Trinajstić information content (AvgIpc) is 2.58. The van der Waals surface area contributed by atoms with E-state index in [2.05, 4.69) is 20.3 Å².